The van der Waals surface area contributed by atoms with Crippen LogP contribution in [-0.4, -0.2) is 27.2 Å². The fraction of sp³-hybridized carbons (Fsp3) is 0.105. The summed E-state index contributed by atoms with van der Waals surface area (Å²) < 4.78 is 44.6. The van der Waals surface area contributed by atoms with Crippen LogP contribution in [0.3, 0.4) is 0 Å². The molecule has 0 atom stereocenters. The van der Waals surface area contributed by atoms with Gasteiger partial charge < -0.3 is 15.2 Å². The molecule has 7 nitrogen and oxygen atoms in total. The summed E-state index contributed by atoms with van der Waals surface area (Å²) in [6, 6.07) is 8.75. The van der Waals surface area contributed by atoms with Gasteiger partial charge in [0.15, 0.2) is 12.4 Å². The number of ether oxygens (including phenoxy) is 1. The van der Waals surface area contributed by atoms with Crippen molar-refractivity contribution < 1.29 is 27.8 Å². The van der Waals surface area contributed by atoms with E-state index in [4.69, 9.17) is 21.4 Å². The van der Waals surface area contributed by atoms with E-state index in [1.54, 1.807) is 0 Å². The predicted molar refractivity (Wildman–Crippen MR) is 103 cm³/mol. The van der Waals surface area contributed by atoms with Gasteiger partial charge in [-0.25, -0.2) is 9.78 Å². The van der Waals surface area contributed by atoms with Crippen molar-refractivity contribution >= 4 is 29.1 Å². The summed E-state index contributed by atoms with van der Waals surface area (Å²) in [5.74, 6) is -0.967. The lowest BCUT2D eigenvalue weighted by Gasteiger charge is -2.12. The molecule has 0 spiro atoms. The van der Waals surface area contributed by atoms with Crippen LogP contribution in [0.25, 0.3) is 5.69 Å². The molecule has 0 aliphatic heterocycles. The number of nitrogens with zero attached hydrogens (tertiary/aromatic N) is 2. The van der Waals surface area contributed by atoms with Crippen molar-refractivity contribution in [2.75, 3.05) is 11.9 Å². The minimum Gasteiger partial charge on any atom is -0.482 e. The van der Waals surface area contributed by atoms with Crippen molar-refractivity contribution in [2.45, 2.75) is 6.18 Å². The van der Waals surface area contributed by atoms with Crippen molar-refractivity contribution in [3.8, 4) is 11.4 Å². The first kappa shape index (κ1) is 21.2. The predicted octanol–water partition coefficient (Wildman–Crippen LogP) is 4.11. The zero-order valence-electron chi connectivity index (χ0n) is 15.0. The second-order valence-electron chi connectivity index (χ2n) is 5.94. The van der Waals surface area contributed by atoms with Gasteiger partial charge in [-0.2, -0.15) is 13.2 Å². The molecule has 0 radical (unpaired) electrons. The van der Waals surface area contributed by atoms with Gasteiger partial charge in [-0.1, -0.05) is 11.6 Å². The molecule has 2 N–H and O–H groups in total. The molecule has 3 aromatic rings. The molecule has 1 heterocycles. The maximum absolute atomic E-state index is 12.8. The molecular weight excluding hydrogens is 427 g/mol. The van der Waals surface area contributed by atoms with E-state index in [0.29, 0.717) is 11.4 Å². The highest BCUT2D eigenvalue weighted by atomic mass is 35.5. The van der Waals surface area contributed by atoms with E-state index in [0.717, 1.165) is 18.2 Å². The van der Waals surface area contributed by atoms with Gasteiger partial charge >= 0.3 is 12.1 Å². The number of carbonyl (C=O) groups is 1. The number of halogens is 4. The SMILES string of the molecule is O=C(O)COc1ccc(-n2ccnc(Nc3ccc(C(F)(F)F)cc3Cl)c2=O)cc1. The first-order valence-electron chi connectivity index (χ1n) is 8.31. The summed E-state index contributed by atoms with van der Waals surface area (Å²) in [4.78, 5) is 27.2. The number of carboxylic acid groups (broad SMARTS) is 1. The number of anilines is 2. The smallest absolute Gasteiger partial charge is 0.416 e. The van der Waals surface area contributed by atoms with E-state index < -0.39 is 29.9 Å². The Morgan fingerprint density at radius 2 is 1.90 bits per heavy atom. The molecule has 0 amide bonds. The van der Waals surface area contributed by atoms with Crippen LogP contribution in [0.1, 0.15) is 5.56 Å². The van der Waals surface area contributed by atoms with Crippen LogP contribution < -0.4 is 15.6 Å². The molecule has 0 saturated carbocycles. The Labute approximate surface area is 172 Å². The number of rotatable bonds is 6. The minimum absolute atomic E-state index is 0.0874. The first-order valence-corrected chi connectivity index (χ1v) is 8.69. The summed E-state index contributed by atoms with van der Waals surface area (Å²) in [7, 11) is 0. The highest BCUT2D eigenvalue weighted by Gasteiger charge is 2.31. The average molecular weight is 440 g/mol. The summed E-state index contributed by atoms with van der Waals surface area (Å²) in [5, 5.41) is 11.0. The Morgan fingerprint density at radius 1 is 1.20 bits per heavy atom. The van der Waals surface area contributed by atoms with E-state index in [9.17, 15) is 22.8 Å². The normalized spacial score (nSPS) is 11.2. The van der Waals surface area contributed by atoms with Crippen LogP contribution in [0, 0.1) is 0 Å². The maximum atomic E-state index is 12.8. The number of nitrogens with one attached hydrogen (secondary N) is 1. The molecule has 156 valence electrons. The number of carboxylic acids is 1. The molecule has 0 fully saturated rings. The van der Waals surface area contributed by atoms with Gasteiger partial charge in [-0.05, 0) is 42.5 Å². The first-order chi connectivity index (χ1) is 14.1. The molecular formula is C19H13ClF3N3O4. The molecule has 0 aliphatic rings. The average Bonchev–Trinajstić information content (AvgIpc) is 2.69. The summed E-state index contributed by atoms with van der Waals surface area (Å²) in [5.41, 5.74) is -0.967. The highest BCUT2D eigenvalue weighted by molar-refractivity contribution is 6.33. The molecule has 0 saturated heterocycles. The van der Waals surface area contributed by atoms with Gasteiger partial charge in [-0.3, -0.25) is 9.36 Å². The molecule has 0 unspecified atom stereocenters. The van der Waals surface area contributed by atoms with E-state index >= 15 is 0 Å². The quantitative estimate of drug-likeness (QED) is 0.600. The Kier molecular flexibility index (Phi) is 5.97. The van der Waals surface area contributed by atoms with Crippen molar-refractivity contribution in [1.82, 2.24) is 9.55 Å². The lowest BCUT2D eigenvalue weighted by Crippen LogP contribution is -2.22. The molecule has 11 heteroatoms. The fourth-order valence-corrected chi connectivity index (χ4v) is 2.70. The number of aliphatic carboxylic acids is 1. The molecule has 0 bridgehead atoms. The summed E-state index contributed by atoms with van der Waals surface area (Å²) >= 11 is 5.91. The van der Waals surface area contributed by atoms with Crippen LogP contribution in [0.2, 0.25) is 5.02 Å². The fourth-order valence-electron chi connectivity index (χ4n) is 2.47. The van der Waals surface area contributed by atoms with E-state index in [-0.39, 0.29) is 16.5 Å². The zero-order chi connectivity index (χ0) is 21.9. The molecule has 30 heavy (non-hydrogen) atoms. The van der Waals surface area contributed by atoms with Crippen LogP contribution in [0.4, 0.5) is 24.7 Å². The van der Waals surface area contributed by atoms with Crippen LogP contribution in [0.15, 0.2) is 59.7 Å². The highest BCUT2D eigenvalue weighted by Crippen LogP contribution is 2.34. The topological polar surface area (TPSA) is 93.4 Å². The Bertz CT molecular complexity index is 1130. The van der Waals surface area contributed by atoms with Gasteiger partial charge in [0.1, 0.15) is 5.75 Å². The van der Waals surface area contributed by atoms with Crippen LogP contribution in [-0.2, 0) is 11.0 Å². The number of alkyl halides is 3. The third kappa shape index (κ3) is 4.90. The summed E-state index contributed by atoms with van der Waals surface area (Å²) in [6.07, 6.45) is -1.81. The Hall–Kier alpha value is -3.53. The van der Waals surface area contributed by atoms with Crippen molar-refractivity contribution in [3.05, 3.63) is 75.8 Å². The van der Waals surface area contributed by atoms with Gasteiger partial charge in [0.25, 0.3) is 5.56 Å². The molecule has 1 aromatic heterocycles. The largest absolute Gasteiger partial charge is 0.482 e. The second-order valence-corrected chi connectivity index (χ2v) is 6.35. The third-order valence-electron chi connectivity index (χ3n) is 3.87. The van der Waals surface area contributed by atoms with Crippen LogP contribution >= 0.6 is 11.6 Å². The lowest BCUT2D eigenvalue weighted by molar-refractivity contribution is -0.139. The number of hydrogen-bond acceptors (Lipinski definition) is 5. The van der Waals surface area contributed by atoms with E-state index in [1.165, 1.54) is 41.2 Å². The lowest BCUT2D eigenvalue weighted by atomic mass is 10.2. The van der Waals surface area contributed by atoms with Crippen molar-refractivity contribution in [3.63, 3.8) is 0 Å². The Morgan fingerprint density at radius 3 is 2.50 bits per heavy atom. The van der Waals surface area contributed by atoms with Gasteiger partial charge in [-0.15, -0.1) is 0 Å². The number of benzene rings is 2. The molecule has 2 aromatic carbocycles. The number of hydrogen-bond donors (Lipinski definition) is 2. The van der Waals surface area contributed by atoms with Gasteiger partial charge in [0.2, 0.25) is 0 Å². The van der Waals surface area contributed by atoms with Crippen LogP contribution in [0.5, 0.6) is 5.75 Å². The Balaban J connectivity index is 1.85. The van der Waals surface area contributed by atoms with Crippen molar-refractivity contribution in [1.29, 1.82) is 0 Å². The van der Waals surface area contributed by atoms with E-state index in [1.807, 2.05) is 0 Å². The van der Waals surface area contributed by atoms with Gasteiger partial charge in [0, 0.05) is 18.1 Å². The third-order valence-corrected chi connectivity index (χ3v) is 4.18. The van der Waals surface area contributed by atoms with Crippen molar-refractivity contribution in [2.24, 2.45) is 0 Å². The zero-order valence-corrected chi connectivity index (χ0v) is 15.7. The summed E-state index contributed by atoms with van der Waals surface area (Å²) in [6.45, 7) is -0.503. The van der Waals surface area contributed by atoms with E-state index in [2.05, 4.69) is 10.3 Å². The molecule has 0 aliphatic carbocycles. The second kappa shape index (κ2) is 8.46. The minimum atomic E-state index is -4.54. The molecule has 3 rings (SSSR count). The maximum Gasteiger partial charge on any atom is 0.416 e. The van der Waals surface area contributed by atoms with Gasteiger partial charge in [0.05, 0.1) is 16.3 Å². The number of aromatic nitrogens is 2. The monoisotopic (exact) mass is 439 g/mol. The standard InChI is InChI=1S/C19H13ClF3N3O4/c20-14-9-11(19(21,22)23)1-6-15(14)25-17-18(29)26(8-7-24-17)12-2-4-13(5-3-12)30-10-16(27)28/h1-9H,10H2,(H,24,25)(H,27,28).